The molecule has 9 N–H and O–H groups in total. The number of thiol groups is 1. The molecule has 0 aliphatic carbocycles. The molecular weight excluding hydrogens is 414 g/mol. The second kappa shape index (κ2) is 15.0. The molecule has 174 valence electrons. The Kier molecular flexibility index (Phi) is 14.0. The van der Waals surface area contributed by atoms with E-state index in [1.54, 1.807) is 6.92 Å². The highest BCUT2D eigenvalue weighted by molar-refractivity contribution is 7.80. The summed E-state index contributed by atoms with van der Waals surface area (Å²) < 4.78 is 0. The number of aliphatic hydroxyl groups excluding tert-OH is 1. The van der Waals surface area contributed by atoms with Crippen LogP contribution in [-0.2, 0) is 19.2 Å². The molecule has 0 rings (SSSR count). The number of nitrogens with two attached hydrogens (primary N) is 2. The second-order valence-electron chi connectivity index (χ2n) is 7.09. The number of aliphatic hydroxyl groups is 1. The molecule has 3 amide bonds. The molecule has 0 aromatic rings. The summed E-state index contributed by atoms with van der Waals surface area (Å²) in [6.07, 6.45) is 2.02. The van der Waals surface area contributed by atoms with E-state index in [1.165, 1.54) is 0 Å². The van der Waals surface area contributed by atoms with E-state index >= 15 is 0 Å². The summed E-state index contributed by atoms with van der Waals surface area (Å²) in [7, 11) is 0. The minimum Gasteiger partial charge on any atom is -0.480 e. The van der Waals surface area contributed by atoms with Crippen molar-refractivity contribution in [3.8, 4) is 0 Å². The first kappa shape index (κ1) is 28.1. The van der Waals surface area contributed by atoms with Gasteiger partial charge in [0.05, 0.1) is 12.6 Å². The molecule has 5 unspecified atom stereocenters. The van der Waals surface area contributed by atoms with E-state index < -0.39 is 54.5 Å². The number of hydrogen-bond donors (Lipinski definition) is 8. The molecule has 0 bridgehead atoms. The monoisotopic (exact) mass is 449 g/mol. The average molecular weight is 450 g/mol. The molecule has 12 heteroatoms. The number of carboxylic acid groups (broad SMARTS) is 1. The summed E-state index contributed by atoms with van der Waals surface area (Å²) in [6, 6.07) is -4.38. The van der Waals surface area contributed by atoms with E-state index in [9.17, 15) is 19.2 Å². The molecule has 0 heterocycles. The van der Waals surface area contributed by atoms with Gasteiger partial charge in [-0.05, 0) is 31.7 Å². The lowest BCUT2D eigenvalue weighted by Gasteiger charge is -2.27. The third-order valence-electron chi connectivity index (χ3n) is 4.70. The minimum absolute atomic E-state index is 0.0958. The van der Waals surface area contributed by atoms with Gasteiger partial charge in [0.25, 0.3) is 0 Å². The molecule has 11 nitrogen and oxygen atoms in total. The van der Waals surface area contributed by atoms with E-state index in [1.807, 2.05) is 6.92 Å². The Bertz CT molecular complexity index is 579. The van der Waals surface area contributed by atoms with Crippen LogP contribution in [0.3, 0.4) is 0 Å². The van der Waals surface area contributed by atoms with Crippen molar-refractivity contribution in [2.75, 3.05) is 18.9 Å². The first-order chi connectivity index (χ1) is 14.1. The smallest absolute Gasteiger partial charge is 0.328 e. The molecular formula is C18H35N5O6S. The van der Waals surface area contributed by atoms with Gasteiger partial charge in [0.1, 0.15) is 18.1 Å². The van der Waals surface area contributed by atoms with Gasteiger partial charge in [-0.3, -0.25) is 14.4 Å². The molecule has 0 saturated carbocycles. The Balaban J connectivity index is 5.40. The summed E-state index contributed by atoms with van der Waals surface area (Å²) in [4.78, 5) is 48.6. The van der Waals surface area contributed by atoms with Gasteiger partial charge in [0, 0.05) is 5.75 Å². The van der Waals surface area contributed by atoms with E-state index in [4.69, 9.17) is 21.7 Å². The Morgan fingerprint density at radius 3 is 2.07 bits per heavy atom. The summed E-state index contributed by atoms with van der Waals surface area (Å²) in [6.45, 7) is 3.16. The first-order valence-corrected chi connectivity index (χ1v) is 10.6. The van der Waals surface area contributed by atoms with Crippen LogP contribution in [0.15, 0.2) is 0 Å². The van der Waals surface area contributed by atoms with Crippen LogP contribution in [0.2, 0.25) is 0 Å². The zero-order valence-corrected chi connectivity index (χ0v) is 18.4. The van der Waals surface area contributed by atoms with E-state index in [2.05, 4.69) is 28.6 Å². The fourth-order valence-corrected chi connectivity index (χ4v) is 2.69. The largest absolute Gasteiger partial charge is 0.480 e. The minimum atomic E-state index is -1.49. The normalized spacial score (nSPS) is 15.9. The summed E-state index contributed by atoms with van der Waals surface area (Å²) in [5, 5.41) is 25.5. The van der Waals surface area contributed by atoms with Crippen molar-refractivity contribution in [2.24, 2.45) is 17.4 Å². The molecule has 0 saturated heterocycles. The lowest BCUT2D eigenvalue weighted by atomic mass is 9.97. The Hall–Kier alpha value is -1.89. The second-order valence-corrected chi connectivity index (χ2v) is 7.45. The fraction of sp³-hybridized carbons (Fsp3) is 0.778. The number of carboxylic acids is 1. The van der Waals surface area contributed by atoms with E-state index in [0.29, 0.717) is 25.8 Å². The number of carbonyl (C=O) groups excluding carboxylic acids is 3. The third kappa shape index (κ3) is 9.74. The molecule has 5 atom stereocenters. The van der Waals surface area contributed by atoms with Crippen molar-refractivity contribution in [1.29, 1.82) is 0 Å². The maximum Gasteiger partial charge on any atom is 0.328 e. The molecule has 0 radical (unpaired) electrons. The summed E-state index contributed by atoms with van der Waals surface area (Å²) >= 11 is 3.97. The van der Waals surface area contributed by atoms with E-state index in [-0.39, 0.29) is 18.1 Å². The highest BCUT2D eigenvalue weighted by Gasteiger charge is 2.32. The summed E-state index contributed by atoms with van der Waals surface area (Å²) in [5.41, 5.74) is 11.1. The third-order valence-corrected chi connectivity index (χ3v) is 5.10. The number of unbranched alkanes of at least 4 members (excludes halogenated alkanes) is 1. The van der Waals surface area contributed by atoms with Gasteiger partial charge in [-0.1, -0.05) is 20.3 Å². The van der Waals surface area contributed by atoms with Crippen LogP contribution in [0.5, 0.6) is 0 Å². The van der Waals surface area contributed by atoms with Crippen molar-refractivity contribution in [2.45, 2.75) is 63.7 Å². The summed E-state index contributed by atoms with van der Waals surface area (Å²) in [5.74, 6) is -3.51. The van der Waals surface area contributed by atoms with Gasteiger partial charge < -0.3 is 37.6 Å². The van der Waals surface area contributed by atoms with Crippen LogP contribution >= 0.6 is 12.6 Å². The predicted octanol–water partition coefficient (Wildman–Crippen LogP) is -2.05. The SMILES string of the molecule is CCC(C)C(NC(=O)C(CCCCN)NC(=O)C(N)CS)C(=O)NC(CO)C(=O)O. The molecule has 30 heavy (non-hydrogen) atoms. The zero-order chi connectivity index (χ0) is 23.3. The van der Waals surface area contributed by atoms with Gasteiger partial charge in [0.15, 0.2) is 0 Å². The van der Waals surface area contributed by atoms with Crippen LogP contribution in [0.4, 0.5) is 0 Å². The van der Waals surface area contributed by atoms with Gasteiger partial charge >= 0.3 is 5.97 Å². The topological polar surface area (TPSA) is 197 Å². The van der Waals surface area contributed by atoms with Crippen LogP contribution in [0, 0.1) is 5.92 Å². The van der Waals surface area contributed by atoms with Crippen molar-refractivity contribution in [1.82, 2.24) is 16.0 Å². The van der Waals surface area contributed by atoms with Gasteiger partial charge in [-0.25, -0.2) is 4.79 Å². The fourth-order valence-electron chi connectivity index (χ4n) is 2.53. The molecule has 0 aliphatic heterocycles. The predicted molar refractivity (Wildman–Crippen MR) is 115 cm³/mol. The lowest BCUT2D eigenvalue weighted by Crippen LogP contribution is -2.59. The number of rotatable bonds is 15. The number of carbonyl (C=O) groups is 4. The van der Waals surface area contributed by atoms with Crippen LogP contribution < -0.4 is 27.4 Å². The quantitative estimate of drug-likeness (QED) is 0.103. The molecule has 0 spiro atoms. The maximum atomic E-state index is 12.8. The lowest BCUT2D eigenvalue weighted by molar-refractivity contribution is -0.143. The Labute approximate surface area is 182 Å². The van der Waals surface area contributed by atoms with Crippen LogP contribution in [0.1, 0.15) is 39.5 Å². The highest BCUT2D eigenvalue weighted by Crippen LogP contribution is 2.10. The average Bonchev–Trinajstić information content (AvgIpc) is 2.73. The van der Waals surface area contributed by atoms with Gasteiger partial charge in [-0.2, -0.15) is 12.6 Å². The zero-order valence-electron chi connectivity index (χ0n) is 17.5. The standard InChI is InChI=1S/C18H35N5O6S/c1-3-10(2)14(17(27)22-13(8-24)18(28)29)23-16(26)12(6-4-5-7-19)21-15(25)11(20)9-30/h10-14,24,30H,3-9,19-20H2,1-2H3,(H,21,25)(H,22,27)(H,23,26)(H,28,29). The number of aliphatic carboxylic acids is 1. The number of amides is 3. The van der Waals surface area contributed by atoms with Gasteiger partial charge in [0.2, 0.25) is 17.7 Å². The molecule has 0 fully saturated rings. The maximum absolute atomic E-state index is 12.8. The van der Waals surface area contributed by atoms with Crippen molar-refractivity contribution >= 4 is 36.3 Å². The van der Waals surface area contributed by atoms with Gasteiger partial charge in [-0.15, -0.1) is 0 Å². The van der Waals surface area contributed by atoms with Crippen molar-refractivity contribution in [3.05, 3.63) is 0 Å². The van der Waals surface area contributed by atoms with Crippen LogP contribution in [0.25, 0.3) is 0 Å². The number of hydrogen-bond acceptors (Lipinski definition) is 8. The molecule has 0 aliphatic rings. The first-order valence-electron chi connectivity index (χ1n) is 9.94. The Morgan fingerprint density at radius 2 is 1.60 bits per heavy atom. The van der Waals surface area contributed by atoms with Crippen molar-refractivity contribution in [3.63, 3.8) is 0 Å². The van der Waals surface area contributed by atoms with Crippen LogP contribution in [-0.4, -0.2) is 77.0 Å². The highest BCUT2D eigenvalue weighted by atomic mass is 32.1. The Morgan fingerprint density at radius 1 is 1.00 bits per heavy atom. The molecule has 0 aromatic heterocycles. The van der Waals surface area contributed by atoms with E-state index in [0.717, 1.165) is 0 Å². The number of nitrogens with one attached hydrogen (secondary N) is 3. The molecule has 0 aromatic carbocycles. The van der Waals surface area contributed by atoms with Crippen molar-refractivity contribution < 1.29 is 29.4 Å².